The van der Waals surface area contributed by atoms with Crippen LogP contribution in [0.1, 0.15) is 18.1 Å². The van der Waals surface area contributed by atoms with Crippen LogP contribution in [0, 0.1) is 13.8 Å². The van der Waals surface area contributed by atoms with Gasteiger partial charge in [-0.3, -0.25) is 9.69 Å². The predicted molar refractivity (Wildman–Crippen MR) is 117 cm³/mol. The number of β-amino-alcohol motifs (C(OH)–C–C–N with tert-alkyl or cyclic N) is 1. The van der Waals surface area contributed by atoms with Gasteiger partial charge in [0.05, 0.1) is 5.69 Å². The molecule has 1 saturated heterocycles. The number of para-hydroxylation sites is 3. The zero-order chi connectivity index (χ0) is 20.8. The van der Waals surface area contributed by atoms with E-state index in [-0.39, 0.29) is 12.5 Å². The third kappa shape index (κ3) is 5.71. The Balaban J connectivity index is 1.48. The summed E-state index contributed by atoms with van der Waals surface area (Å²) in [6.45, 7) is 10.3. The Kier molecular flexibility index (Phi) is 7.12. The number of amides is 1. The molecule has 0 bridgehead atoms. The molecule has 0 saturated carbocycles. The third-order valence-electron chi connectivity index (χ3n) is 5.23. The average Bonchev–Trinajstić information content (AvgIpc) is 2.68. The number of nitrogens with zero attached hydrogens (tertiary/aromatic N) is 2. The smallest absolute Gasteiger partial charge is 0.221 e. The third-order valence-corrected chi connectivity index (χ3v) is 5.23. The van der Waals surface area contributed by atoms with E-state index in [2.05, 4.69) is 47.2 Å². The van der Waals surface area contributed by atoms with Gasteiger partial charge in [0.1, 0.15) is 18.5 Å². The summed E-state index contributed by atoms with van der Waals surface area (Å²) >= 11 is 0. The van der Waals surface area contributed by atoms with Gasteiger partial charge >= 0.3 is 0 Å². The molecule has 0 aliphatic carbocycles. The van der Waals surface area contributed by atoms with Gasteiger partial charge in [-0.25, -0.2) is 0 Å². The first kappa shape index (κ1) is 21.1. The summed E-state index contributed by atoms with van der Waals surface area (Å²) in [6.07, 6.45) is -0.591. The van der Waals surface area contributed by atoms with Crippen molar-refractivity contribution in [2.45, 2.75) is 26.9 Å². The molecule has 1 unspecified atom stereocenters. The molecule has 1 fully saturated rings. The number of ether oxygens (including phenoxy) is 1. The predicted octanol–water partition coefficient (Wildman–Crippen LogP) is 2.82. The van der Waals surface area contributed by atoms with Gasteiger partial charge in [0.25, 0.3) is 0 Å². The molecule has 6 nitrogen and oxygen atoms in total. The molecule has 3 rings (SSSR count). The second-order valence-electron chi connectivity index (χ2n) is 7.67. The lowest BCUT2D eigenvalue weighted by molar-refractivity contribution is -0.114. The Labute approximate surface area is 173 Å². The summed E-state index contributed by atoms with van der Waals surface area (Å²) in [6, 6.07) is 13.7. The van der Waals surface area contributed by atoms with Crippen LogP contribution in [0.3, 0.4) is 0 Å². The van der Waals surface area contributed by atoms with Gasteiger partial charge in [-0.2, -0.15) is 0 Å². The van der Waals surface area contributed by atoms with E-state index in [4.69, 9.17) is 4.74 Å². The maximum absolute atomic E-state index is 11.3. The maximum Gasteiger partial charge on any atom is 0.221 e. The van der Waals surface area contributed by atoms with E-state index in [9.17, 15) is 9.90 Å². The van der Waals surface area contributed by atoms with Crippen LogP contribution in [0.25, 0.3) is 0 Å². The zero-order valence-electron chi connectivity index (χ0n) is 17.5. The fraction of sp³-hybridized carbons (Fsp3) is 0.435. The highest BCUT2D eigenvalue weighted by atomic mass is 16.5. The fourth-order valence-corrected chi connectivity index (χ4v) is 3.88. The van der Waals surface area contributed by atoms with E-state index >= 15 is 0 Å². The van der Waals surface area contributed by atoms with Crippen LogP contribution < -0.4 is 15.0 Å². The van der Waals surface area contributed by atoms with Crippen LogP contribution in [0.5, 0.6) is 5.75 Å². The Morgan fingerprint density at radius 3 is 2.38 bits per heavy atom. The average molecular weight is 398 g/mol. The first-order chi connectivity index (χ1) is 13.9. The normalized spacial score (nSPS) is 15.8. The summed E-state index contributed by atoms with van der Waals surface area (Å²) in [7, 11) is 0. The van der Waals surface area contributed by atoms with Crippen molar-refractivity contribution in [3.8, 4) is 5.75 Å². The first-order valence-corrected chi connectivity index (χ1v) is 10.1. The SMILES string of the molecule is CC(=O)Nc1ccccc1OCC(O)CN1CCN(c2c(C)cccc2C)CC1. The summed E-state index contributed by atoms with van der Waals surface area (Å²) < 4.78 is 5.76. The van der Waals surface area contributed by atoms with Crippen LogP contribution in [-0.4, -0.2) is 61.3 Å². The van der Waals surface area contributed by atoms with Gasteiger partial charge in [0.2, 0.25) is 5.91 Å². The van der Waals surface area contributed by atoms with Crippen LogP contribution in [0.2, 0.25) is 0 Å². The monoisotopic (exact) mass is 397 g/mol. The van der Waals surface area contributed by atoms with Crippen molar-refractivity contribution in [1.82, 2.24) is 4.90 Å². The highest BCUT2D eigenvalue weighted by Crippen LogP contribution is 2.26. The number of benzene rings is 2. The maximum atomic E-state index is 11.3. The first-order valence-electron chi connectivity index (χ1n) is 10.1. The van der Waals surface area contributed by atoms with E-state index in [0.29, 0.717) is 18.0 Å². The summed E-state index contributed by atoms with van der Waals surface area (Å²) in [5, 5.41) is 13.2. The minimum Gasteiger partial charge on any atom is -0.489 e. The second kappa shape index (κ2) is 9.76. The van der Waals surface area contributed by atoms with Crippen molar-refractivity contribution in [1.29, 1.82) is 0 Å². The zero-order valence-corrected chi connectivity index (χ0v) is 17.5. The number of carbonyl (C=O) groups is 1. The molecule has 1 aliphatic heterocycles. The van der Waals surface area contributed by atoms with E-state index in [1.54, 1.807) is 12.1 Å². The van der Waals surface area contributed by atoms with E-state index in [0.717, 1.165) is 26.2 Å². The quantitative estimate of drug-likeness (QED) is 0.752. The minimum absolute atomic E-state index is 0.150. The van der Waals surface area contributed by atoms with Crippen molar-refractivity contribution >= 4 is 17.3 Å². The highest BCUT2D eigenvalue weighted by Gasteiger charge is 2.21. The lowest BCUT2D eigenvalue weighted by Gasteiger charge is -2.38. The molecule has 0 aromatic heterocycles. The van der Waals surface area contributed by atoms with E-state index in [1.165, 1.54) is 23.7 Å². The van der Waals surface area contributed by atoms with Gasteiger partial charge < -0.3 is 20.1 Å². The number of anilines is 2. The molecule has 1 heterocycles. The molecule has 0 radical (unpaired) electrons. The van der Waals surface area contributed by atoms with Crippen molar-refractivity contribution in [3.05, 3.63) is 53.6 Å². The molecule has 0 spiro atoms. The summed E-state index contributed by atoms with van der Waals surface area (Å²) in [4.78, 5) is 16.0. The molecule has 156 valence electrons. The number of aryl methyl sites for hydroxylation is 2. The summed E-state index contributed by atoms with van der Waals surface area (Å²) in [5.41, 5.74) is 4.58. The number of rotatable bonds is 7. The van der Waals surface area contributed by atoms with Crippen molar-refractivity contribution in [3.63, 3.8) is 0 Å². The molecule has 1 amide bonds. The number of aliphatic hydroxyl groups is 1. The summed E-state index contributed by atoms with van der Waals surface area (Å²) in [5.74, 6) is 0.421. The molecule has 1 aliphatic rings. The van der Waals surface area contributed by atoms with Crippen LogP contribution in [0.4, 0.5) is 11.4 Å². The molecule has 1 atom stereocenters. The van der Waals surface area contributed by atoms with Gasteiger partial charge in [-0.15, -0.1) is 0 Å². The number of hydrogen-bond donors (Lipinski definition) is 2. The fourth-order valence-electron chi connectivity index (χ4n) is 3.88. The number of aliphatic hydroxyl groups excluding tert-OH is 1. The van der Waals surface area contributed by atoms with E-state index in [1.807, 2.05) is 12.1 Å². The Morgan fingerprint density at radius 1 is 1.07 bits per heavy atom. The lowest BCUT2D eigenvalue weighted by Crippen LogP contribution is -2.49. The standard InChI is InChI=1S/C23H31N3O3/c1-17-7-6-8-18(2)23(17)26-13-11-25(12-14-26)15-20(28)16-29-22-10-5-4-9-21(22)24-19(3)27/h4-10,20,28H,11-16H2,1-3H3,(H,24,27). The van der Waals surface area contributed by atoms with Gasteiger partial charge in [-0.05, 0) is 37.1 Å². The van der Waals surface area contributed by atoms with Crippen LogP contribution >= 0.6 is 0 Å². The number of nitrogens with one attached hydrogen (secondary N) is 1. The number of carbonyl (C=O) groups excluding carboxylic acids is 1. The number of hydrogen-bond acceptors (Lipinski definition) is 5. The van der Waals surface area contributed by atoms with Gasteiger partial charge in [0, 0.05) is 45.3 Å². The topological polar surface area (TPSA) is 65.0 Å². The van der Waals surface area contributed by atoms with Gasteiger partial charge in [-0.1, -0.05) is 30.3 Å². The Hall–Kier alpha value is -2.57. The minimum atomic E-state index is -0.591. The van der Waals surface area contributed by atoms with Crippen molar-refractivity contribution in [2.75, 3.05) is 49.5 Å². The molecule has 6 heteroatoms. The van der Waals surface area contributed by atoms with Crippen LogP contribution in [-0.2, 0) is 4.79 Å². The molecular formula is C23H31N3O3. The molecule has 2 N–H and O–H groups in total. The number of piperazine rings is 1. The van der Waals surface area contributed by atoms with Crippen molar-refractivity contribution < 1.29 is 14.6 Å². The van der Waals surface area contributed by atoms with E-state index < -0.39 is 6.10 Å². The highest BCUT2D eigenvalue weighted by molar-refractivity contribution is 5.90. The molecule has 29 heavy (non-hydrogen) atoms. The van der Waals surface area contributed by atoms with Crippen molar-refractivity contribution in [2.24, 2.45) is 0 Å². The lowest BCUT2D eigenvalue weighted by atomic mass is 10.1. The van der Waals surface area contributed by atoms with Gasteiger partial charge in [0.15, 0.2) is 0 Å². The van der Waals surface area contributed by atoms with Crippen LogP contribution in [0.15, 0.2) is 42.5 Å². The Bertz CT molecular complexity index is 812. The Morgan fingerprint density at radius 2 is 1.72 bits per heavy atom. The molecule has 2 aromatic rings. The largest absolute Gasteiger partial charge is 0.489 e. The second-order valence-corrected chi connectivity index (χ2v) is 7.67. The molecular weight excluding hydrogens is 366 g/mol. The molecule has 2 aromatic carbocycles.